The zero-order valence-electron chi connectivity index (χ0n) is 18.0. The van der Waals surface area contributed by atoms with Gasteiger partial charge in [0, 0.05) is 17.2 Å². The summed E-state index contributed by atoms with van der Waals surface area (Å²) in [6, 6.07) is 7.51. The van der Waals surface area contributed by atoms with E-state index in [0.717, 1.165) is 11.3 Å². The van der Waals surface area contributed by atoms with Crippen molar-refractivity contribution in [1.29, 1.82) is 0 Å². The highest BCUT2D eigenvalue weighted by Crippen LogP contribution is 2.22. The van der Waals surface area contributed by atoms with Crippen LogP contribution in [0.1, 0.15) is 39.0 Å². The second-order valence-electron chi connectivity index (χ2n) is 7.46. The van der Waals surface area contributed by atoms with Crippen LogP contribution >= 0.6 is 11.8 Å². The number of unbranched alkanes of at least 4 members (excludes halogenated alkanes) is 1. The highest BCUT2D eigenvalue weighted by atomic mass is 32.2. The van der Waals surface area contributed by atoms with E-state index in [1.165, 1.54) is 16.7 Å². The van der Waals surface area contributed by atoms with E-state index in [1.807, 2.05) is 30.3 Å². The van der Waals surface area contributed by atoms with E-state index in [-0.39, 0.29) is 12.5 Å². The van der Waals surface area contributed by atoms with Crippen LogP contribution in [0.15, 0.2) is 35.2 Å². The average molecular weight is 452 g/mol. The number of nitrogens with one attached hydrogen (secondary N) is 1. The van der Waals surface area contributed by atoms with Gasteiger partial charge in [0.1, 0.15) is 12.1 Å². The minimum atomic E-state index is -0.992. The third-order valence-electron chi connectivity index (χ3n) is 5.20. The van der Waals surface area contributed by atoms with Crippen molar-refractivity contribution in [2.45, 2.75) is 62.0 Å². The molecule has 1 aromatic rings. The van der Waals surface area contributed by atoms with Crippen LogP contribution in [0, 0.1) is 0 Å². The molecule has 0 radical (unpaired) electrons. The van der Waals surface area contributed by atoms with E-state index in [2.05, 4.69) is 5.32 Å². The van der Waals surface area contributed by atoms with Gasteiger partial charge in [-0.2, -0.15) is 0 Å². The molecule has 1 heterocycles. The fraction of sp³-hybridized carbons (Fsp3) is 0.591. The number of nitrogens with zero attached hydrogens (tertiary/aromatic N) is 1. The number of rotatable bonds is 13. The van der Waals surface area contributed by atoms with Crippen molar-refractivity contribution in [1.82, 2.24) is 10.2 Å². The van der Waals surface area contributed by atoms with Crippen LogP contribution < -0.4 is 11.1 Å². The lowest BCUT2D eigenvalue weighted by atomic mass is 10.1. The van der Waals surface area contributed by atoms with Crippen LogP contribution in [-0.2, 0) is 19.1 Å². The molecule has 1 saturated heterocycles. The Morgan fingerprint density at radius 1 is 1.26 bits per heavy atom. The van der Waals surface area contributed by atoms with Crippen LogP contribution in [0.4, 0.5) is 0 Å². The second kappa shape index (κ2) is 13.3. The first-order chi connectivity index (χ1) is 15.0. The number of carboxylic acid groups (broad SMARTS) is 1. The van der Waals surface area contributed by atoms with E-state index in [0.29, 0.717) is 44.5 Å². The number of carbonyl (C=O) groups excluding carboxylic acids is 2. The van der Waals surface area contributed by atoms with Crippen molar-refractivity contribution in [3.05, 3.63) is 30.3 Å². The third kappa shape index (κ3) is 7.83. The summed E-state index contributed by atoms with van der Waals surface area (Å²) in [5.74, 6) is -1.29. The molecule has 0 spiro atoms. The summed E-state index contributed by atoms with van der Waals surface area (Å²) in [4.78, 5) is 39.9. The molecule has 0 bridgehead atoms. The molecule has 1 fully saturated rings. The number of hydrogen-bond acceptors (Lipinski definition) is 7. The molecule has 0 saturated carbocycles. The van der Waals surface area contributed by atoms with Crippen molar-refractivity contribution < 1.29 is 24.2 Å². The number of thioether (sulfide) groups is 1. The molecule has 1 amide bonds. The lowest BCUT2D eigenvalue weighted by Crippen LogP contribution is -2.55. The summed E-state index contributed by atoms with van der Waals surface area (Å²) in [6.07, 6.45) is 3.03. The van der Waals surface area contributed by atoms with Crippen molar-refractivity contribution in [2.75, 3.05) is 25.4 Å². The number of carboxylic acids is 1. The number of esters is 1. The van der Waals surface area contributed by atoms with Crippen LogP contribution in [0.25, 0.3) is 0 Å². The van der Waals surface area contributed by atoms with Crippen molar-refractivity contribution in [3.8, 4) is 0 Å². The van der Waals surface area contributed by atoms with E-state index < -0.39 is 30.1 Å². The molecule has 9 heteroatoms. The molecule has 0 aliphatic carbocycles. The first kappa shape index (κ1) is 25.2. The lowest BCUT2D eigenvalue weighted by molar-refractivity contribution is -0.150. The first-order valence-electron chi connectivity index (χ1n) is 10.8. The van der Waals surface area contributed by atoms with Crippen LogP contribution in [0.3, 0.4) is 0 Å². The van der Waals surface area contributed by atoms with Gasteiger partial charge in [0.15, 0.2) is 0 Å². The van der Waals surface area contributed by atoms with Crippen molar-refractivity contribution in [2.24, 2.45) is 5.73 Å². The Labute approximate surface area is 187 Å². The van der Waals surface area contributed by atoms with Gasteiger partial charge in [-0.05, 0) is 51.3 Å². The highest BCUT2D eigenvalue weighted by molar-refractivity contribution is 7.99. The molecule has 1 aliphatic heterocycles. The maximum absolute atomic E-state index is 13.3. The molecule has 8 nitrogen and oxygen atoms in total. The zero-order valence-corrected chi connectivity index (χ0v) is 18.8. The van der Waals surface area contributed by atoms with Gasteiger partial charge in [-0.15, -0.1) is 11.8 Å². The van der Waals surface area contributed by atoms with E-state index in [9.17, 15) is 19.5 Å². The Hall–Kier alpha value is -2.10. The monoisotopic (exact) mass is 451 g/mol. The summed E-state index contributed by atoms with van der Waals surface area (Å²) < 4.78 is 5.23. The number of aliphatic carboxylic acids is 1. The highest BCUT2D eigenvalue weighted by Gasteiger charge is 2.38. The molecule has 31 heavy (non-hydrogen) atoms. The first-order valence-corrected chi connectivity index (χ1v) is 11.8. The Balaban J connectivity index is 2.14. The molecular formula is C22H33N3O5S. The Bertz CT molecular complexity index is 718. The molecule has 4 N–H and O–H groups in total. The number of ether oxygens (including phenoxy) is 1. The molecule has 0 unspecified atom stereocenters. The molecule has 3 atom stereocenters. The predicted octanol–water partition coefficient (Wildman–Crippen LogP) is 1.87. The summed E-state index contributed by atoms with van der Waals surface area (Å²) in [5.41, 5.74) is 5.60. The van der Waals surface area contributed by atoms with Gasteiger partial charge >= 0.3 is 11.9 Å². The van der Waals surface area contributed by atoms with Gasteiger partial charge in [0.2, 0.25) is 5.91 Å². The molecule has 172 valence electrons. The Kier molecular flexibility index (Phi) is 10.8. The molecule has 2 rings (SSSR count). The van der Waals surface area contributed by atoms with Crippen molar-refractivity contribution in [3.63, 3.8) is 0 Å². The normalized spacial score (nSPS) is 17.9. The number of nitrogens with two attached hydrogens (primary N) is 1. The minimum Gasteiger partial charge on any atom is -0.480 e. The van der Waals surface area contributed by atoms with E-state index in [4.69, 9.17) is 10.5 Å². The van der Waals surface area contributed by atoms with E-state index >= 15 is 0 Å². The number of benzene rings is 1. The fourth-order valence-electron chi connectivity index (χ4n) is 3.62. The second-order valence-corrected chi connectivity index (χ2v) is 8.55. The Morgan fingerprint density at radius 3 is 2.65 bits per heavy atom. The van der Waals surface area contributed by atoms with Crippen molar-refractivity contribution >= 4 is 29.6 Å². The molecule has 1 aliphatic rings. The maximum Gasteiger partial charge on any atom is 0.326 e. The maximum atomic E-state index is 13.3. The van der Waals surface area contributed by atoms with Crippen LogP contribution in [0.5, 0.6) is 0 Å². The summed E-state index contributed by atoms with van der Waals surface area (Å²) >= 11 is 1.50. The summed E-state index contributed by atoms with van der Waals surface area (Å²) in [7, 11) is 0. The lowest BCUT2D eigenvalue weighted by Gasteiger charge is -2.29. The Morgan fingerprint density at radius 2 is 2.00 bits per heavy atom. The van der Waals surface area contributed by atoms with Gasteiger partial charge < -0.3 is 20.5 Å². The van der Waals surface area contributed by atoms with Gasteiger partial charge in [0.25, 0.3) is 0 Å². The minimum absolute atomic E-state index is 0.242. The molecule has 0 aromatic heterocycles. The number of amides is 1. The SMILES string of the molecule is CCOC(=O)[C@H](CSc1ccccc1)N[C@@H](CCCCN)C(=O)N1CCC[C@H]1C(=O)O. The standard InChI is InChI=1S/C22H33N3O5S/c1-2-30-22(29)18(15-31-16-9-4-3-5-10-16)24-17(11-6-7-13-23)20(26)25-14-8-12-19(25)21(27)28/h3-5,9-10,17-19,24H,2,6-8,11-15,23H2,1H3,(H,27,28)/t17-,18-,19-/m0/s1. The average Bonchev–Trinajstić information content (AvgIpc) is 3.26. The molecule has 1 aromatic carbocycles. The predicted molar refractivity (Wildman–Crippen MR) is 120 cm³/mol. The quantitative estimate of drug-likeness (QED) is 0.236. The largest absolute Gasteiger partial charge is 0.480 e. The third-order valence-corrected chi connectivity index (χ3v) is 6.30. The van der Waals surface area contributed by atoms with Gasteiger partial charge in [-0.3, -0.25) is 14.9 Å². The van der Waals surface area contributed by atoms with Crippen LogP contribution in [0.2, 0.25) is 0 Å². The number of carbonyl (C=O) groups is 3. The summed E-state index contributed by atoms with van der Waals surface area (Å²) in [5, 5.41) is 12.7. The smallest absolute Gasteiger partial charge is 0.326 e. The van der Waals surface area contributed by atoms with Gasteiger partial charge in [-0.1, -0.05) is 24.6 Å². The topological polar surface area (TPSA) is 122 Å². The summed E-state index contributed by atoms with van der Waals surface area (Å²) in [6.45, 7) is 2.90. The fourth-order valence-corrected chi connectivity index (χ4v) is 4.57. The molecular weight excluding hydrogens is 418 g/mol. The van der Waals surface area contributed by atoms with Gasteiger partial charge in [-0.25, -0.2) is 4.79 Å². The number of hydrogen-bond donors (Lipinski definition) is 3. The van der Waals surface area contributed by atoms with Gasteiger partial charge in [0.05, 0.1) is 12.6 Å². The zero-order chi connectivity index (χ0) is 22.6. The van der Waals surface area contributed by atoms with E-state index in [1.54, 1.807) is 6.92 Å². The van der Waals surface area contributed by atoms with Crippen LogP contribution in [-0.4, -0.2) is 71.4 Å². The number of likely N-dealkylation sites (tertiary alicyclic amines) is 1.